The third-order valence-electron chi connectivity index (χ3n) is 3.55. The number of benzene rings is 1. The fourth-order valence-corrected chi connectivity index (χ4v) is 2.39. The molecule has 1 aliphatic rings. The lowest BCUT2D eigenvalue weighted by atomic mass is 10.1. The van der Waals surface area contributed by atoms with Crippen molar-refractivity contribution in [1.29, 1.82) is 0 Å². The zero-order chi connectivity index (χ0) is 14.1. The highest BCUT2D eigenvalue weighted by Gasteiger charge is 2.23. The maximum Gasteiger partial charge on any atom is 0.258 e. The maximum atomic E-state index is 5.38. The second-order valence-electron chi connectivity index (χ2n) is 4.94. The van der Waals surface area contributed by atoms with Gasteiger partial charge in [0.1, 0.15) is 12.7 Å². The maximum absolute atomic E-state index is 5.38. The summed E-state index contributed by atoms with van der Waals surface area (Å²) in [5.74, 6) is 1.48. The van der Waals surface area contributed by atoms with Gasteiger partial charge in [0, 0.05) is 23.8 Å². The molecule has 1 fully saturated rings. The molecule has 0 unspecified atom stereocenters. The molecule has 2 aromatic heterocycles. The molecule has 0 radical (unpaired) electrons. The van der Waals surface area contributed by atoms with Crippen LogP contribution in [0.2, 0.25) is 0 Å². The summed E-state index contributed by atoms with van der Waals surface area (Å²) < 4.78 is 12.6. The number of hydrogen-bond acceptors (Lipinski definition) is 6. The molecule has 0 aliphatic carbocycles. The zero-order valence-corrected chi connectivity index (χ0v) is 11.2. The number of aromatic nitrogens is 5. The molecule has 1 aliphatic heterocycles. The smallest absolute Gasteiger partial charge is 0.258 e. The Morgan fingerprint density at radius 2 is 2.10 bits per heavy atom. The first-order valence-corrected chi connectivity index (χ1v) is 6.77. The molecule has 7 nitrogen and oxygen atoms in total. The molecule has 0 spiro atoms. The van der Waals surface area contributed by atoms with Crippen LogP contribution in [-0.4, -0.2) is 38.1 Å². The van der Waals surface area contributed by atoms with Gasteiger partial charge >= 0.3 is 0 Å². The molecule has 0 bridgehead atoms. The van der Waals surface area contributed by atoms with Crippen molar-refractivity contribution in [3.05, 3.63) is 42.7 Å². The average Bonchev–Trinajstić information content (AvgIpc) is 3.26. The number of rotatable bonds is 3. The third-order valence-corrected chi connectivity index (χ3v) is 3.55. The van der Waals surface area contributed by atoms with Gasteiger partial charge in [-0.25, -0.2) is 0 Å². The van der Waals surface area contributed by atoms with E-state index in [0.29, 0.717) is 12.5 Å². The molecule has 1 aromatic carbocycles. The fraction of sp³-hybridized carbons (Fsp3) is 0.286. The van der Waals surface area contributed by atoms with Crippen LogP contribution in [0.5, 0.6) is 0 Å². The van der Waals surface area contributed by atoms with E-state index >= 15 is 0 Å². The molecular formula is C14H13N5O2. The Morgan fingerprint density at radius 1 is 1.19 bits per heavy atom. The Kier molecular flexibility index (Phi) is 2.97. The van der Waals surface area contributed by atoms with E-state index in [0.717, 1.165) is 30.1 Å². The van der Waals surface area contributed by atoms with E-state index < -0.39 is 0 Å². The lowest BCUT2D eigenvalue weighted by Crippen LogP contribution is -1.99. The highest BCUT2D eigenvalue weighted by molar-refractivity contribution is 5.57. The number of nitrogens with zero attached hydrogens (tertiary/aromatic N) is 5. The second kappa shape index (κ2) is 5.10. The van der Waals surface area contributed by atoms with Crippen molar-refractivity contribution in [2.45, 2.75) is 12.3 Å². The van der Waals surface area contributed by atoms with Gasteiger partial charge in [-0.05, 0) is 24.6 Å². The predicted octanol–water partition coefficient (Wildman–Crippen LogP) is 1.82. The summed E-state index contributed by atoms with van der Waals surface area (Å²) >= 11 is 0. The Bertz CT molecular complexity index is 731. The van der Waals surface area contributed by atoms with E-state index in [-0.39, 0.29) is 5.92 Å². The van der Waals surface area contributed by atoms with Crippen LogP contribution in [-0.2, 0) is 4.74 Å². The average molecular weight is 283 g/mol. The monoisotopic (exact) mass is 283 g/mol. The SMILES string of the molecule is c1cc(-c2nc([C@@H]3CCOC3)no2)cc(-n2cnnc2)c1. The van der Waals surface area contributed by atoms with Crippen LogP contribution >= 0.6 is 0 Å². The van der Waals surface area contributed by atoms with E-state index in [1.807, 2.05) is 28.8 Å². The van der Waals surface area contributed by atoms with Crippen LogP contribution in [0.4, 0.5) is 0 Å². The minimum Gasteiger partial charge on any atom is -0.381 e. The molecular weight excluding hydrogens is 270 g/mol. The van der Waals surface area contributed by atoms with Crippen molar-refractivity contribution < 1.29 is 9.26 Å². The van der Waals surface area contributed by atoms with E-state index in [9.17, 15) is 0 Å². The summed E-state index contributed by atoms with van der Waals surface area (Å²) in [7, 11) is 0. The van der Waals surface area contributed by atoms with E-state index in [2.05, 4.69) is 20.3 Å². The molecule has 1 atom stereocenters. The van der Waals surface area contributed by atoms with Crippen LogP contribution in [0.15, 0.2) is 41.4 Å². The van der Waals surface area contributed by atoms with Crippen LogP contribution in [0.25, 0.3) is 17.1 Å². The minimum atomic E-state index is 0.239. The first-order valence-electron chi connectivity index (χ1n) is 6.77. The minimum absolute atomic E-state index is 0.239. The van der Waals surface area contributed by atoms with Crippen molar-refractivity contribution in [3.63, 3.8) is 0 Å². The molecule has 21 heavy (non-hydrogen) atoms. The molecule has 106 valence electrons. The number of hydrogen-bond donors (Lipinski definition) is 0. The highest BCUT2D eigenvalue weighted by atomic mass is 16.5. The topological polar surface area (TPSA) is 78.9 Å². The summed E-state index contributed by atoms with van der Waals surface area (Å²) in [6.45, 7) is 1.43. The largest absolute Gasteiger partial charge is 0.381 e. The van der Waals surface area contributed by atoms with Gasteiger partial charge in [-0.3, -0.25) is 4.57 Å². The summed E-state index contributed by atoms with van der Waals surface area (Å²) in [4.78, 5) is 4.49. The quantitative estimate of drug-likeness (QED) is 0.729. The summed E-state index contributed by atoms with van der Waals surface area (Å²) in [5.41, 5.74) is 1.82. The van der Waals surface area contributed by atoms with Gasteiger partial charge in [0.2, 0.25) is 0 Å². The van der Waals surface area contributed by atoms with Crippen LogP contribution in [0.3, 0.4) is 0 Å². The van der Waals surface area contributed by atoms with Gasteiger partial charge in [0.05, 0.1) is 6.61 Å². The molecule has 0 N–H and O–H groups in total. The molecule has 4 rings (SSSR count). The van der Waals surface area contributed by atoms with Gasteiger partial charge in [0.25, 0.3) is 5.89 Å². The van der Waals surface area contributed by atoms with Crippen molar-refractivity contribution >= 4 is 0 Å². The van der Waals surface area contributed by atoms with E-state index in [1.54, 1.807) is 12.7 Å². The first-order chi connectivity index (χ1) is 10.4. The standard InChI is InChI=1S/C14H13N5O2/c1-2-10(6-12(3-1)19-8-15-16-9-19)14-17-13(18-21-14)11-4-5-20-7-11/h1-3,6,8-9,11H,4-5,7H2/t11-/m1/s1. The van der Waals surface area contributed by atoms with Gasteiger partial charge < -0.3 is 9.26 Å². The lowest BCUT2D eigenvalue weighted by molar-refractivity contribution is 0.192. The molecule has 3 aromatic rings. The van der Waals surface area contributed by atoms with Gasteiger partial charge in [-0.15, -0.1) is 10.2 Å². The highest BCUT2D eigenvalue weighted by Crippen LogP contribution is 2.26. The summed E-state index contributed by atoms with van der Waals surface area (Å²) in [6.07, 6.45) is 4.24. The van der Waals surface area contributed by atoms with E-state index in [4.69, 9.17) is 9.26 Å². The van der Waals surface area contributed by atoms with Crippen molar-refractivity contribution in [3.8, 4) is 17.1 Å². The van der Waals surface area contributed by atoms with Crippen LogP contribution in [0.1, 0.15) is 18.2 Å². The van der Waals surface area contributed by atoms with E-state index in [1.165, 1.54) is 0 Å². The molecule has 0 amide bonds. The molecule has 7 heteroatoms. The fourth-order valence-electron chi connectivity index (χ4n) is 2.39. The summed E-state index contributed by atoms with van der Waals surface area (Å²) in [6, 6.07) is 7.81. The lowest BCUT2D eigenvalue weighted by Gasteiger charge is -2.02. The Balaban J connectivity index is 1.65. The van der Waals surface area contributed by atoms with Gasteiger partial charge in [0.15, 0.2) is 5.82 Å². The Hall–Kier alpha value is -2.54. The zero-order valence-electron chi connectivity index (χ0n) is 11.2. The van der Waals surface area contributed by atoms with Crippen molar-refractivity contribution in [1.82, 2.24) is 24.9 Å². The van der Waals surface area contributed by atoms with Crippen LogP contribution in [0, 0.1) is 0 Å². The Morgan fingerprint density at radius 3 is 2.90 bits per heavy atom. The predicted molar refractivity (Wildman–Crippen MR) is 72.8 cm³/mol. The Labute approximate surface area is 120 Å². The first kappa shape index (κ1) is 12.2. The van der Waals surface area contributed by atoms with Crippen molar-refractivity contribution in [2.75, 3.05) is 13.2 Å². The third kappa shape index (κ3) is 2.31. The molecule has 1 saturated heterocycles. The van der Waals surface area contributed by atoms with Gasteiger partial charge in [-0.1, -0.05) is 11.2 Å². The second-order valence-corrected chi connectivity index (χ2v) is 4.94. The van der Waals surface area contributed by atoms with Crippen molar-refractivity contribution in [2.24, 2.45) is 0 Å². The summed E-state index contributed by atoms with van der Waals surface area (Å²) in [5, 5.41) is 11.7. The van der Waals surface area contributed by atoms with Crippen LogP contribution < -0.4 is 0 Å². The normalized spacial score (nSPS) is 18.2. The molecule has 3 heterocycles. The van der Waals surface area contributed by atoms with Gasteiger partial charge in [-0.2, -0.15) is 4.98 Å². The number of ether oxygens (including phenoxy) is 1. The molecule has 0 saturated carbocycles.